The van der Waals surface area contributed by atoms with Crippen molar-refractivity contribution in [1.82, 2.24) is 9.80 Å². The van der Waals surface area contributed by atoms with Gasteiger partial charge in [-0.05, 0) is 50.6 Å². The van der Waals surface area contributed by atoms with E-state index in [1.165, 1.54) is 5.56 Å². The zero-order chi connectivity index (χ0) is 15.4. The van der Waals surface area contributed by atoms with E-state index < -0.39 is 0 Å². The van der Waals surface area contributed by atoms with Gasteiger partial charge >= 0.3 is 0 Å². The van der Waals surface area contributed by atoms with Crippen molar-refractivity contribution >= 4 is 11.7 Å². The molecule has 1 aliphatic rings. The highest BCUT2D eigenvalue weighted by Crippen LogP contribution is 2.20. The van der Waals surface area contributed by atoms with Crippen LogP contribution >= 0.6 is 0 Å². The molecule has 0 radical (unpaired) electrons. The summed E-state index contributed by atoms with van der Waals surface area (Å²) in [6.07, 6.45) is 1.93. The summed E-state index contributed by atoms with van der Waals surface area (Å²) in [7, 11) is 3.52. The molecule has 0 N–H and O–H groups in total. The average molecular weight is 288 g/mol. The molecule has 0 aromatic heterocycles. The molecular weight excluding hydrogens is 264 g/mol. The minimum Gasteiger partial charge on any atom is -0.345 e. The molecule has 0 spiro atoms. The molecule has 1 fully saturated rings. The third-order valence-electron chi connectivity index (χ3n) is 4.18. The predicted molar refractivity (Wildman–Crippen MR) is 83.1 cm³/mol. The standard InChI is InChI=1S/C17H24N2O2/c1-13(20)15-8-10-19(11-9-15)12-14-4-6-16(7-5-14)17(21)18(2)3/h4-7,15H,8-12H2,1-3H3. The molecule has 1 aromatic rings. The van der Waals surface area contributed by atoms with Crippen LogP contribution in [0.5, 0.6) is 0 Å². The highest BCUT2D eigenvalue weighted by atomic mass is 16.2. The first kappa shape index (κ1) is 15.7. The molecule has 2 rings (SSSR count). The number of rotatable bonds is 4. The van der Waals surface area contributed by atoms with Crippen molar-refractivity contribution < 1.29 is 9.59 Å². The van der Waals surface area contributed by atoms with Crippen molar-refractivity contribution in [2.75, 3.05) is 27.2 Å². The van der Waals surface area contributed by atoms with E-state index in [1.807, 2.05) is 24.3 Å². The van der Waals surface area contributed by atoms with Crippen LogP contribution in [0, 0.1) is 5.92 Å². The van der Waals surface area contributed by atoms with E-state index in [9.17, 15) is 9.59 Å². The van der Waals surface area contributed by atoms with Crippen LogP contribution in [0.3, 0.4) is 0 Å². The molecule has 1 aromatic carbocycles. The van der Waals surface area contributed by atoms with Crippen LogP contribution in [-0.4, -0.2) is 48.7 Å². The summed E-state index contributed by atoms with van der Waals surface area (Å²) >= 11 is 0. The molecule has 1 amide bonds. The molecule has 0 aliphatic carbocycles. The zero-order valence-electron chi connectivity index (χ0n) is 13.1. The van der Waals surface area contributed by atoms with Gasteiger partial charge in [0.25, 0.3) is 5.91 Å². The van der Waals surface area contributed by atoms with Crippen molar-refractivity contribution in [3.05, 3.63) is 35.4 Å². The molecule has 4 nitrogen and oxygen atoms in total. The second kappa shape index (κ2) is 6.85. The number of carbonyl (C=O) groups is 2. The van der Waals surface area contributed by atoms with Gasteiger partial charge in [-0.15, -0.1) is 0 Å². The quantitative estimate of drug-likeness (QED) is 0.852. The van der Waals surface area contributed by atoms with Crippen LogP contribution < -0.4 is 0 Å². The summed E-state index contributed by atoms with van der Waals surface area (Å²) in [5.74, 6) is 0.603. The van der Waals surface area contributed by atoms with Gasteiger partial charge in [0.05, 0.1) is 0 Å². The molecule has 114 valence electrons. The van der Waals surface area contributed by atoms with E-state index in [2.05, 4.69) is 4.90 Å². The molecule has 1 saturated heterocycles. The Hall–Kier alpha value is -1.68. The first-order chi connectivity index (χ1) is 9.97. The fraction of sp³-hybridized carbons (Fsp3) is 0.529. The van der Waals surface area contributed by atoms with Crippen molar-refractivity contribution in [1.29, 1.82) is 0 Å². The number of hydrogen-bond acceptors (Lipinski definition) is 3. The number of benzene rings is 1. The van der Waals surface area contributed by atoms with Gasteiger partial charge < -0.3 is 4.90 Å². The maximum absolute atomic E-state index is 11.8. The number of hydrogen-bond donors (Lipinski definition) is 0. The smallest absolute Gasteiger partial charge is 0.253 e. The highest BCUT2D eigenvalue weighted by Gasteiger charge is 2.22. The summed E-state index contributed by atoms with van der Waals surface area (Å²) in [6.45, 7) is 4.53. The van der Waals surface area contributed by atoms with Gasteiger partial charge in [-0.1, -0.05) is 12.1 Å². The van der Waals surface area contributed by atoms with Gasteiger partial charge in [0, 0.05) is 32.1 Å². The minimum absolute atomic E-state index is 0.0313. The van der Waals surface area contributed by atoms with Crippen LogP contribution in [0.4, 0.5) is 0 Å². The maximum Gasteiger partial charge on any atom is 0.253 e. The van der Waals surface area contributed by atoms with Crippen LogP contribution in [-0.2, 0) is 11.3 Å². The number of nitrogens with zero attached hydrogens (tertiary/aromatic N) is 2. The second-order valence-electron chi connectivity index (χ2n) is 6.06. The van der Waals surface area contributed by atoms with Crippen LogP contribution in [0.2, 0.25) is 0 Å². The lowest BCUT2D eigenvalue weighted by Crippen LogP contribution is -2.35. The van der Waals surface area contributed by atoms with Crippen LogP contribution in [0.1, 0.15) is 35.7 Å². The summed E-state index contributed by atoms with van der Waals surface area (Å²) in [5, 5.41) is 0. The number of amides is 1. The molecule has 0 unspecified atom stereocenters. The van der Waals surface area contributed by atoms with Crippen molar-refractivity contribution in [3.8, 4) is 0 Å². The molecule has 21 heavy (non-hydrogen) atoms. The topological polar surface area (TPSA) is 40.6 Å². The van der Waals surface area contributed by atoms with Gasteiger partial charge in [-0.2, -0.15) is 0 Å². The lowest BCUT2D eigenvalue weighted by molar-refractivity contribution is -0.122. The number of carbonyl (C=O) groups excluding carboxylic acids is 2. The first-order valence-corrected chi connectivity index (χ1v) is 7.51. The molecule has 0 saturated carbocycles. The second-order valence-corrected chi connectivity index (χ2v) is 6.06. The van der Waals surface area contributed by atoms with Crippen molar-refractivity contribution in [2.45, 2.75) is 26.3 Å². The Morgan fingerprint density at radius 2 is 1.71 bits per heavy atom. The number of piperidine rings is 1. The molecule has 1 aliphatic heterocycles. The fourth-order valence-electron chi connectivity index (χ4n) is 2.77. The SMILES string of the molecule is CC(=O)C1CCN(Cc2ccc(C(=O)N(C)C)cc2)CC1. The third-order valence-corrected chi connectivity index (χ3v) is 4.18. The van der Waals surface area contributed by atoms with Gasteiger partial charge in [0.15, 0.2) is 0 Å². The number of likely N-dealkylation sites (tertiary alicyclic amines) is 1. The van der Waals surface area contributed by atoms with Crippen LogP contribution in [0.25, 0.3) is 0 Å². The summed E-state index contributed by atoms with van der Waals surface area (Å²) in [4.78, 5) is 27.2. The molecule has 4 heteroatoms. The van der Waals surface area contributed by atoms with Gasteiger partial charge in [0.1, 0.15) is 5.78 Å². The summed E-state index contributed by atoms with van der Waals surface area (Å²) < 4.78 is 0. The Kier molecular flexibility index (Phi) is 5.12. The number of ketones is 1. The predicted octanol–water partition coefficient (Wildman–Crippen LogP) is 2.19. The van der Waals surface area contributed by atoms with Gasteiger partial charge in [-0.3, -0.25) is 14.5 Å². The summed E-state index contributed by atoms with van der Waals surface area (Å²) in [6, 6.07) is 7.82. The Morgan fingerprint density at radius 1 is 1.14 bits per heavy atom. The Balaban J connectivity index is 1.90. The molecule has 0 atom stereocenters. The minimum atomic E-state index is 0.0313. The lowest BCUT2D eigenvalue weighted by atomic mass is 9.93. The Bertz CT molecular complexity index is 500. The van der Waals surface area contributed by atoms with E-state index in [4.69, 9.17) is 0 Å². The Labute approximate surface area is 126 Å². The van der Waals surface area contributed by atoms with Crippen molar-refractivity contribution in [3.63, 3.8) is 0 Å². The molecule has 0 bridgehead atoms. The first-order valence-electron chi connectivity index (χ1n) is 7.51. The van der Waals surface area contributed by atoms with E-state index >= 15 is 0 Å². The average Bonchev–Trinajstić information content (AvgIpc) is 2.47. The van der Waals surface area contributed by atoms with Gasteiger partial charge in [-0.25, -0.2) is 0 Å². The third kappa shape index (κ3) is 4.14. The zero-order valence-corrected chi connectivity index (χ0v) is 13.1. The lowest BCUT2D eigenvalue weighted by Gasteiger charge is -2.30. The van der Waals surface area contributed by atoms with Gasteiger partial charge in [0.2, 0.25) is 0 Å². The fourth-order valence-corrected chi connectivity index (χ4v) is 2.77. The monoisotopic (exact) mass is 288 g/mol. The molecular formula is C17H24N2O2. The highest BCUT2D eigenvalue weighted by molar-refractivity contribution is 5.93. The number of Topliss-reactive ketones (excluding diaryl/α,β-unsaturated/α-hetero) is 1. The van der Waals surface area contributed by atoms with Crippen molar-refractivity contribution in [2.24, 2.45) is 5.92 Å². The van der Waals surface area contributed by atoms with E-state index in [1.54, 1.807) is 25.9 Å². The molecule has 1 heterocycles. The normalized spacial score (nSPS) is 16.7. The maximum atomic E-state index is 11.8. The Morgan fingerprint density at radius 3 is 2.19 bits per heavy atom. The van der Waals surface area contributed by atoms with E-state index in [-0.39, 0.29) is 11.8 Å². The van der Waals surface area contributed by atoms with E-state index in [0.29, 0.717) is 5.78 Å². The largest absolute Gasteiger partial charge is 0.345 e. The van der Waals surface area contributed by atoms with E-state index in [0.717, 1.165) is 38.0 Å². The summed E-state index contributed by atoms with van der Waals surface area (Å²) in [5.41, 5.74) is 1.94. The van der Waals surface area contributed by atoms with Crippen LogP contribution in [0.15, 0.2) is 24.3 Å².